The fraction of sp³-hybridized carbons (Fsp3) is 0.300. The van der Waals surface area contributed by atoms with Crippen molar-refractivity contribution in [2.45, 2.75) is 26.6 Å². The second-order valence-corrected chi connectivity index (χ2v) is 6.58. The van der Waals surface area contributed by atoms with Gasteiger partial charge in [-0.2, -0.15) is 0 Å². The maximum Gasteiger partial charge on any atom is 0.177 e. The Morgan fingerprint density at radius 2 is 1.92 bits per heavy atom. The number of benzene rings is 2. The average molecular weight is 334 g/mol. The minimum Gasteiger partial charge on any atom is -0.350 e. The second-order valence-electron chi connectivity index (χ2n) is 6.58. The van der Waals surface area contributed by atoms with Crippen LogP contribution in [0.4, 0.5) is 5.69 Å². The van der Waals surface area contributed by atoms with Crippen LogP contribution >= 0.6 is 0 Å². The molecule has 0 aliphatic carbocycles. The van der Waals surface area contributed by atoms with E-state index in [1.807, 2.05) is 10.9 Å². The second kappa shape index (κ2) is 6.69. The van der Waals surface area contributed by atoms with Gasteiger partial charge in [-0.1, -0.05) is 52.7 Å². The van der Waals surface area contributed by atoms with Gasteiger partial charge in [0.15, 0.2) is 6.23 Å². The molecule has 3 aromatic rings. The Bertz CT molecular complexity index is 856. The predicted molar refractivity (Wildman–Crippen MR) is 97.5 cm³/mol. The standard InChI is InChI=1S/C20H22N4O/c1-15-6-8-18(9-7-15)24-10-11-25-20(24)19-14-23(22-21-19)13-17-5-3-4-16(2)12-17/h3-9,12,14,20H,10-11,13H2,1-2H3/t20-/m1/s1. The molecule has 1 fully saturated rings. The van der Waals surface area contributed by atoms with Gasteiger partial charge in [0.05, 0.1) is 19.3 Å². The minimum absolute atomic E-state index is 0.172. The third-order valence-electron chi connectivity index (χ3n) is 4.49. The SMILES string of the molecule is Cc1ccc(N2CCO[C@@H]2c2cn(Cc3cccc(C)c3)nn2)cc1. The quantitative estimate of drug-likeness (QED) is 0.733. The molecule has 128 valence electrons. The molecule has 1 aliphatic rings. The normalized spacial score (nSPS) is 17.2. The number of aryl methyl sites for hydroxylation is 2. The van der Waals surface area contributed by atoms with Gasteiger partial charge in [-0.15, -0.1) is 5.10 Å². The summed E-state index contributed by atoms with van der Waals surface area (Å²) in [5, 5.41) is 8.64. The molecule has 0 radical (unpaired) electrons. The summed E-state index contributed by atoms with van der Waals surface area (Å²) in [6.07, 6.45) is 1.81. The van der Waals surface area contributed by atoms with E-state index < -0.39 is 0 Å². The smallest absolute Gasteiger partial charge is 0.177 e. The molecule has 0 unspecified atom stereocenters. The lowest BCUT2D eigenvalue weighted by Gasteiger charge is -2.23. The lowest BCUT2D eigenvalue weighted by molar-refractivity contribution is 0.110. The monoisotopic (exact) mass is 334 g/mol. The van der Waals surface area contributed by atoms with Crippen molar-refractivity contribution in [3.05, 3.63) is 77.1 Å². The summed E-state index contributed by atoms with van der Waals surface area (Å²) in [6, 6.07) is 17.0. The summed E-state index contributed by atoms with van der Waals surface area (Å²) in [5.74, 6) is 0. The van der Waals surface area contributed by atoms with Crippen LogP contribution in [0.15, 0.2) is 54.7 Å². The predicted octanol–water partition coefficient (Wildman–Crippen LogP) is 3.48. The van der Waals surface area contributed by atoms with Crippen molar-refractivity contribution in [3.8, 4) is 0 Å². The average Bonchev–Trinajstić information content (AvgIpc) is 3.24. The highest BCUT2D eigenvalue weighted by Crippen LogP contribution is 2.31. The van der Waals surface area contributed by atoms with Crippen LogP contribution in [0.2, 0.25) is 0 Å². The molecule has 0 saturated carbocycles. The van der Waals surface area contributed by atoms with Gasteiger partial charge >= 0.3 is 0 Å². The Kier molecular flexibility index (Phi) is 4.24. The Morgan fingerprint density at radius 3 is 2.72 bits per heavy atom. The van der Waals surface area contributed by atoms with E-state index in [-0.39, 0.29) is 6.23 Å². The zero-order chi connectivity index (χ0) is 17.2. The molecule has 5 nitrogen and oxygen atoms in total. The van der Waals surface area contributed by atoms with E-state index in [0.717, 1.165) is 17.9 Å². The van der Waals surface area contributed by atoms with E-state index in [2.05, 4.69) is 77.6 Å². The van der Waals surface area contributed by atoms with E-state index in [4.69, 9.17) is 4.74 Å². The summed E-state index contributed by atoms with van der Waals surface area (Å²) in [5.41, 5.74) is 5.73. The first-order chi connectivity index (χ1) is 12.2. The van der Waals surface area contributed by atoms with E-state index in [1.165, 1.54) is 16.7 Å². The van der Waals surface area contributed by atoms with Crippen molar-refractivity contribution in [1.29, 1.82) is 0 Å². The Balaban J connectivity index is 1.53. The van der Waals surface area contributed by atoms with Crippen molar-refractivity contribution in [3.63, 3.8) is 0 Å². The van der Waals surface area contributed by atoms with Crippen LogP contribution in [-0.4, -0.2) is 28.1 Å². The fourth-order valence-corrected chi connectivity index (χ4v) is 3.22. The van der Waals surface area contributed by atoms with Gasteiger partial charge in [0.2, 0.25) is 0 Å². The maximum absolute atomic E-state index is 5.93. The molecule has 25 heavy (non-hydrogen) atoms. The summed E-state index contributed by atoms with van der Waals surface area (Å²) < 4.78 is 7.80. The number of ether oxygens (including phenoxy) is 1. The minimum atomic E-state index is -0.172. The number of nitrogens with zero attached hydrogens (tertiary/aromatic N) is 4. The zero-order valence-electron chi connectivity index (χ0n) is 14.6. The number of aromatic nitrogens is 3. The van der Waals surface area contributed by atoms with E-state index >= 15 is 0 Å². The van der Waals surface area contributed by atoms with Crippen LogP contribution < -0.4 is 4.90 Å². The molecule has 0 amide bonds. The molecule has 5 heteroatoms. The summed E-state index contributed by atoms with van der Waals surface area (Å²) in [4.78, 5) is 2.24. The molecule has 1 aliphatic heterocycles. The van der Waals surface area contributed by atoms with Gasteiger partial charge in [0.25, 0.3) is 0 Å². The lowest BCUT2D eigenvalue weighted by atomic mass is 10.1. The van der Waals surface area contributed by atoms with Crippen molar-refractivity contribution in [1.82, 2.24) is 15.0 Å². The van der Waals surface area contributed by atoms with Gasteiger partial charge in [-0.3, -0.25) is 0 Å². The summed E-state index contributed by atoms with van der Waals surface area (Å²) in [7, 11) is 0. The molecule has 2 heterocycles. The van der Waals surface area contributed by atoms with E-state index in [1.54, 1.807) is 0 Å². The third kappa shape index (κ3) is 3.42. The summed E-state index contributed by atoms with van der Waals surface area (Å²) in [6.45, 7) is 6.47. The van der Waals surface area contributed by atoms with Crippen LogP contribution in [0, 0.1) is 13.8 Å². The highest BCUT2D eigenvalue weighted by molar-refractivity contribution is 5.49. The number of anilines is 1. The van der Waals surface area contributed by atoms with Gasteiger partial charge < -0.3 is 9.64 Å². The lowest BCUT2D eigenvalue weighted by Crippen LogP contribution is -2.23. The third-order valence-corrected chi connectivity index (χ3v) is 4.49. The van der Waals surface area contributed by atoms with Crippen molar-refractivity contribution < 1.29 is 4.74 Å². The first-order valence-electron chi connectivity index (χ1n) is 8.59. The number of hydrogen-bond donors (Lipinski definition) is 0. The molecule has 1 atom stereocenters. The zero-order valence-corrected chi connectivity index (χ0v) is 14.6. The van der Waals surface area contributed by atoms with Gasteiger partial charge in [-0.25, -0.2) is 4.68 Å². The van der Waals surface area contributed by atoms with E-state index in [9.17, 15) is 0 Å². The summed E-state index contributed by atoms with van der Waals surface area (Å²) >= 11 is 0. The first-order valence-corrected chi connectivity index (χ1v) is 8.59. The molecule has 0 spiro atoms. The molecule has 1 saturated heterocycles. The van der Waals surface area contributed by atoms with Crippen molar-refractivity contribution >= 4 is 5.69 Å². The maximum atomic E-state index is 5.93. The van der Waals surface area contributed by atoms with Crippen LogP contribution in [0.3, 0.4) is 0 Å². The number of hydrogen-bond acceptors (Lipinski definition) is 4. The first kappa shape index (κ1) is 15.8. The molecular formula is C20H22N4O. The van der Waals surface area contributed by atoms with Crippen molar-refractivity contribution in [2.24, 2.45) is 0 Å². The van der Waals surface area contributed by atoms with Crippen LogP contribution in [0.25, 0.3) is 0 Å². The van der Waals surface area contributed by atoms with Crippen molar-refractivity contribution in [2.75, 3.05) is 18.1 Å². The Morgan fingerprint density at radius 1 is 1.08 bits per heavy atom. The highest BCUT2D eigenvalue weighted by Gasteiger charge is 2.29. The Hall–Kier alpha value is -2.66. The van der Waals surface area contributed by atoms with Gasteiger partial charge in [0, 0.05) is 12.2 Å². The largest absolute Gasteiger partial charge is 0.350 e. The molecule has 4 rings (SSSR count). The molecular weight excluding hydrogens is 312 g/mol. The molecule has 0 N–H and O–H groups in total. The highest BCUT2D eigenvalue weighted by atomic mass is 16.5. The molecule has 0 bridgehead atoms. The van der Waals surface area contributed by atoms with Crippen LogP contribution in [-0.2, 0) is 11.3 Å². The van der Waals surface area contributed by atoms with Gasteiger partial charge in [-0.05, 0) is 31.5 Å². The topological polar surface area (TPSA) is 43.2 Å². The fourth-order valence-electron chi connectivity index (χ4n) is 3.22. The van der Waals surface area contributed by atoms with Gasteiger partial charge in [0.1, 0.15) is 5.69 Å². The number of rotatable bonds is 4. The van der Waals surface area contributed by atoms with Crippen LogP contribution in [0.1, 0.15) is 28.6 Å². The molecule has 2 aromatic carbocycles. The van der Waals surface area contributed by atoms with Crippen LogP contribution in [0.5, 0.6) is 0 Å². The Labute approximate surface area is 147 Å². The van der Waals surface area contributed by atoms with E-state index in [0.29, 0.717) is 13.2 Å². The molecule has 1 aromatic heterocycles.